The van der Waals surface area contributed by atoms with Crippen LogP contribution in [0.15, 0.2) is 103 Å². The molecule has 0 bridgehead atoms. The van der Waals surface area contributed by atoms with Crippen molar-refractivity contribution < 1.29 is 0 Å². The normalized spacial score (nSPS) is 28.6. The van der Waals surface area contributed by atoms with E-state index in [1.807, 2.05) is 0 Å². The van der Waals surface area contributed by atoms with Crippen molar-refractivity contribution in [2.75, 3.05) is 14.7 Å². The summed E-state index contributed by atoms with van der Waals surface area (Å²) in [4.78, 5) is 8.36. The van der Waals surface area contributed by atoms with Gasteiger partial charge in [-0.2, -0.15) is 0 Å². The van der Waals surface area contributed by atoms with E-state index in [9.17, 15) is 0 Å². The average Bonchev–Trinajstić information content (AvgIpc) is 3.51. The first-order valence-corrected chi connectivity index (χ1v) is 24.4. The SMILES string of the molecule is CC12CCCCC1(C)N(c1cc3c4c(c1)N1c5c(cccc5C5(C)CCCCC15C)B4c1ccccc1N3c1ccccc1)c1ccc([Si](C)(C)C)cc12. The van der Waals surface area contributed by atoms with E-state index in [1.165, 1.54) is 108 Å². The third-order valence-corrected chi connectivity index (χ3v) is 18.1. The summed E-state index contributed by atoms with van der Waals surface area (Å²) in [6, 6.07) is 40.8. The van der Waals surface area contributed by atoms with Gasteiger partial charge in [0.2, 0.25) is 0 Å². The minimum absolute atomic E-state index is 0.00595. The minimum atomic E-state index is -1.51. The molecule has 2 aliphatic carbocycles. The summed E-state index contributed by atoms with van der Waals surface area (Å²) >= 11 is 0. The van der Waals surface area contributed by atoms with E-state index in [4.69, 9.17) is 0 Å². The minimum Gasteiger partial charge on any atom is -0.335 e. The van der Waals surface area contributed by atoms with Gasteiger partial charge in [-0.1, -0.05) is 131 Å². The van der Waals surface area contributed by atoms with Gasteiger partial charge in [-0.15, -0.1) is 0 Å². The van der Waals surface area contributed by atoms with Crippen LogP contribution in [0.1, 0.15) is 90.2 Å². The lowest BCUT2D eigenvalue weighted by molar-refractivity contribution is 0.194. The molecule has 272 valence electrons. The number of hydrogen-bond acceptors (Lipinski definition) is 3. The largest absolute Gasteiger partial charge is 0.335 e. The third-order valence-electron chi connectivity index (χ3n) is 16.1. The third kappa shape index (κ3) is 3.90. The van der Waals surface area contributed by atoms with Crippen LogP contribution in [-0.2, 0) is 10.8 Å². The van der Waals surface area contributed by atoms with Crippen molar-refractivity contribution in [2.24, 2.45) is 0 Å². The lowest BCUT2D eigenvalue weighted by Gasteiger charge is -2.53. The van der Waals surface area contributed by atoms with Crippen molar-refractivity contribution in [3.05, 3.63) is 114 Å². The Kier molecular flexibility index (Phi) is 6.60. The van der Waals surface area contributed by atoms with Gasteiger partial charge in [-0.3, -0.25) is 0 Å². The molecule has 0 amide bonds. The van der Waals surface area contributed by atoms with Crippen LogP contribution in [0.3, 0.4) is 0 Å². The maximum atomic E-state index is 2.90. The van der Waals surface area contributed by atoms with Crippen LogP contribution in [0.2, 0.25) is 19.6 Å². The van der Waals surface area contributed by atoms with Crippen molar-refractivity contribution in [2.45, 2.75) is 121 Å². The van der Waals surface area contributed by atoms with E-state index in [0.717, 1.165) is 0 Å². The fraction of sp³-hybridized carbons (Fsp3) is 0.388. The number of nitrogens with zero attached hydrogens (tertiary/aromatic N) is 3. The standard InChI is InChI=1S/C49H54BN3Si/c1-46-26-13-16-29-49(46,4)53-43-31-34(52-40-25-24-35(54(5,6)7)32-37(40)47(2)27-14-15-28-48(47,52)3)30-42-44(43)50(39-22-17-20-36(46)45(39)53)38-21-11-12-23-41(38)51(42)33-18-9-8-10-19-33/h8-12,17-25,30-32H,13-16,26-29H2,1-7H3. The highest BCUT2D eigenvalue weighted by atomic mass is 28.3. The number of fused-ring (bicyclic) bond motifs is 10. The lowest BCUT2D eigenvalue weighted by atomic mass is 9.33. The molecule has 4 unspecified atom stereocenters. The topological polar surface area (TPSA) is 9.72 Å². The number of hydrogen-bond donors (Lipinski definition) is 0. The van der Waals surface area contributed by atoms with Crippen molar-refractivity contribution in [3.63, 3.8) is 0 Å². The fourth-order valence-electron chi connectivity index (χ4n) is 12.8. The number of para-hydroxylation sites is 3. The first kappa shape index (κ1) is 33.1. The molecule has 6 aliphatic rings. The molecular formula is C49H54BN3Si. The maximum Gasteiger partial charge on any atom is 0.252 e. The van der Waals surface area contributed by atoms with Gasteiger partial charge < -0.3 is 14.7 Å². The van der Waals surface area contributed by atoms with Crippen LogP contribution >= 0.6 is 0 Å². The molecule has 2 fully saturated rings. The summed E-state index contributed by atoms with van der Waals surface area (Å²) in [6.07, 6.45) is 10.1. The van der Waals surface area contributed by atoms with Gasteiger partial charge in [0.1, 0.15) is 0 Å². The molecule has 4 atom stereocenters. The van der Waals surface area contributed by atoms with Crippen LogP contribution in [0.5, 0.6) is 0 Å². The van der Waals surface area contributed by atoms with Gasteiger partial charge in [0.05, 0.1) is 19.2 Å². The Morgan fingerprint density at radius 3 is 1.89 bits per heavy atom. The predicted octanol–water partition coefficient (Wildman–Crippen LogP) is 10.3. The van der Waals surface area contributed by atoms with Crippen LogP contribution in [0.25, 0.3) is 0 Å². The monoisotopic (exact) mass is 723 g/mol. The molecule has 11 rings (SSSR count). The second-order valence-corrected chi connectivity index (χ2v) is 24.7. The second-order valence-electron chi connectivity index (χ2n) is 19.6. The second kappa shape index (κ2) is 10.8. The van der Waals surface area contributed by atoms with Gasteiger partial charge in [-0.25, -0.2) is 0 Å². The zero-order valence-corrected chi connectivity index (χ0v) is 34.4. The molecule has 5 aromatic carbocycles. The summed E-state index contributed by atoms with van der Waals surface area (Å²) < 4.78 is 0. The smallest absolute Gasteiger partial charge is 0.252 e. The molecule has 0 saturated heterocycles. The van der Waals surface area contributed by atoms with E-state index in [-0.39, 0.29) is 28.6 Å². The molecule has 4 aliphatic heterocycles. The highest BCUT2D eigenvalue weighted by molar-refractivity contribution is 7.00. The molecular weight excluding hydrogens is 669 g/mol. The van der Waals surface area contributed by atoms with Crippen LogP contribution in [0.4, 0.5) is 39.8 Å². The van der Waals surface area contributed by atoms with E-state index in [2.05, 4.69) is 165 Å². The summed E-state index contributed by atoms with van der Waals surface area (Å²) in [5.41, 5.74) is 17.3. The predicted molar refractivity (Wildman–Crippen MR) is 234 cm³/mol. The molecule has 3 nitrogen and oxygen atoms in total. The highest BCUT2D eigenvalue weighted by Gasteiger charge is 2.62. The van der Waals surface area contributed by atoms with Gasteiger partial charge in [0.25, 0.3) is 6.71 Å². The van der Waals surface area contributed by atoms with Crippen LogP contribution < -0.4 is 36.3 Å². The number of anilines is 7. The van der Waals surface area contributed by atoms with Crippen LogP contribution in [-0.4, -0.2) is 25.9 Å². The Bertz CT molecular complexity index is 2400. The Labute approximate surface area is 324 Å². The van der Waals surface area contributed by atoms with Gasteiger partial charge >= 0.3 is 0 Å². The lowest BCUT2D eigenvalue weighted by Crippen LogP contribution is -2.64. The van der Waals surface area contributed by atoms with Gasteiger partial charge in [-0.05, 0) is 103 Å². The fourth-order valence-corrected chi connectivity index (χ4v) is 14.0. The first-order chi connectivity index (χ1) is 25.9. The number of rotatable bonds is 3. The Balaban J connectivity index is 1.25. The average molecular weight is 724 g/mol. The van der Waals surface area contributed by atoms with Crippen molar-refractivity contribution in [1.29, 1.82) is 0 Å². The van der Waals surface area contributed by atoms with Gasteiger partial charge in [0, 0.05) is 50.6 Å². The highest BCUT2D eigenvalue weighted by Crippen LogP contribution is 2.64. The summed E-state index contributed by atoms with van der Waals surface area (Å²) in [6.45, 7) is 18.1. The molecule has 5 heteroatoms. The summed E-state index contributed by atoms with van der Waals surface area (Å²) in [5, 5.41) is 1.58. The van der Waals surface area contributed by atoms with Crippen molar-refractivity contribution >= 4 is 76.2 Å². The van der Waals surface area contributed by atoms with Gasteiger partial charge in [0.15, 0.2) is 0 Å². The Morgan fingerprint density at radius 2 is 1.15 bits per heavy atom. The summed E-state index contributed by atoms with van der Waals surface area (Å²) in [7, 11) is -1.51. The quantitative estimate of drug-likeness (QED) is 0.168. The van der Waals surface area contributed by atoms with E-state index < -0.39 is 8.07 Å². The molecule has 0 N–H and O–H groups in total. The first-order valence-electron chi connectivity index (χ1n) is 20.9. The molecule has 0 radical (unpaired) electrons. The summed E-state index contributed by atoms with van der Waals surface area (Å²) in [5.74, 6) is 0. The molecule has 5 aromatic rings. The van der Waals surface area contributed by atoms with Crippen molar-refractivity contribution in [1.82, 2.24) is 0 Å². The Hall–Kier alpha value is -4.22. The van der Waals surface area contributed by atoms with E-state index in [1.54, 1.807) is 16.3 Å². The van der Waals surface area contributed by atoms with E-state index in [0.29, 0.717) is 0 Å². The number of benzene rings is 5. The molecule has 2 saturated carbocycles. The van der Waals surface area contributed by atoms with Crippen molar-refractivity contribution in [3.8, 4) is 0 Å². The molecule has 0 aromatic heterocycles. The van der Waals surface area contributed by atoms with E-state index >= 15 is 0 Å². The molecule has 0 spiro atoms. The molecule has 4 heterocycles. The zero-order chi connectivity index (χ0) is 37.0. The Morgan fingerprint density at radius 1 is 0.519 bits per heavy atom. The molecule has 54 heavy (non-hydrogen) atoms. The van der Waals surface area contributed by atoms with Crippen LogP contribution in [0, 0.1) is 0 Å². The zero-order valence-electron chi connectivity index (χ0n) is 33.4. The maximum absolute atomic E-state index is 2.90.